The van der Waals surface area contributed by atoms with Crippen molar-refractivity contribution in [3.05, 3.63) is 60.2 Å². The average molecular weight is 259 g/mol. The summed E-state index contributed by atoms with van der Waals surface area (Å²) in [6.07, 6.45) is 6.99. The number of hydrogen-bond acceptors (Lipinski definition) is 5. The summed E-state index contributed by atoms with van der Waals surface area (Å²) >= 11 is 0. The Morgan fingerprint density at radius 3 is 1.95 bits per heavy atom. The zero-order valence-electron chi connectivity index (χ0n) is 10.0. The Morgan fingerprint density at radius 1 is 1.11 bits per heavy atom. The number of carbonyl (C=O) groups is 2. The van der Waals surface area contributed by atoms with Gasteiger partial charge in [-0.05, 0) is 29.8 Å². The van der Waals surface area contributed by atoms with Crippen LogP contribution in [0.2, 0.25) is 0 Å². The van der Waals surface area contributed by atoms with Gasteiger partial charge in [-0.3, -0.25) is 19.6 Å². The highest BCUT2D eigenvalue weighted by atomic mass is 16.4. The highest BCUT2D eigenvalue weighted by Gasteiger charge is 2.12. The Bertz CT molecular complexity index is 517. The van der Waals surface area contributed by atoms with Crippen LogP contribution in [0, 0.1) is 0 Å². The van der Waals surface area contributed by atoms with Crippen LogP contribution in [-0.2, 0) is 4.79 Å². The van der Waals surface area contributed by atoms with E-state index in [0.717, 1.165) is 6.29 Å². The number of nitrogens with zero attached hydrogens (tertiary/aromatic N) is 2. The van der Waals surface area contributed by atoms with Crippen molar-refractivity contribution in [3.63, 3.8) is 0 Å². The molecule has 0 bridgehead atoms. The smallest absolute Gasteiger partial charge is 0.325 e. The molecular formula is C13H13N3O3. The van der Waals surface area contributed by atoms with E-state index in [2.05, 4.69) is 9.97 Å². The fraction of sp³-hybridized carbons (Fsp3) is 0.0769. The molecule has 3 N–H and O–H groups in total. The fourth-order valence-electron chi connectivity index (χ4n) is 1.16. The fourth-order valence-corrected chi connectivity index (χ4v) is 1.16. The number of hydrogen-bond donors (Lipinski definition) is 2. The van der Waals surface area contributed by atoms with Crippen molar-refractivity contribution in [1.29, 1.82) is 0 Å². The average Bonchev–Trinajstić information content (AvgIpc) is 2.48. The van der Waals surface area contributed by atoms with E-state index in [1.54, 1.807) is 36.7 Å². The molecule has 0 spiro atoms. The molecule has 0 saturated carbocycles. The van der Waals surface area contributed by atoms with Crippen LogP contribution in [0.4, 0.5) is 0 Å². The zero-order valence-corrected chi connectivity index (χ0v) is 10.0. The van der Waals surface area contributed by atoms with Gasteiger partial charge in [0.05, 0.1) is 0 Å². The molecule has 2 aromatic rings. The summed E-state index contributed by atoms with van der Waals surface area (Å²) < 4.78 is 0. The lowest BCUT2D eigenvalue weighted by Gasteiger charge is -2.04. The zero-order chi connectivity index (χ0) is 14.1. The normalized spacial score (nSPS) is 10.8. The molecule has 6 heteroatoms. The van der Waals surface area contributed by atoms with Gasteiger partial charge in [0.1, 0.15) is 12.3 Å². The van der Waals surface area contributed by atoms with E-state index in [9.17, 15) is 9.59 Å². The third-order valence-corrected chi connectivity index (χ3v) is 2.17. The first kappa shape index (κ1) is 14.5. The van der Waals surface area contributed by atoms with E-state index in [0.29, 0.717) is 11.1 Å². The number of nitrogens with two attached hydrogens (primary N) is 1. The van der Waals surface area contributed by atoms with E-state index in [1.807, 2.05) is 0 Å². The molecule has 1 unspecified atom stereocenters. The van der Waals surface area contributed by atoms with Crippen molar-refractivity contribution in [2.45, 2.75) is 6.04 Å². The minimum atomic E-state index is -1.03. The molecule has 0 aromatic carbocycles. The highest BCUT2D eigenvalue weighted by molar-refractivity contribution is 5.75. The summed E-state index contributed by atoms with van der Waals surface area (Å²) in [5.41, 5.74) is 6.54. The van der Waals surface area contributed by atoms with Gasteiger partial charge < -0.3 is 10.8 Å². The quantitative estimate of drug-likeness (QED) is 0.798. The molecule has 19 heavy (non-hydrogen) atoms. The first-order valence-electron chi connectivity index (χ1n) is 5.38. The predicted molar refractivity (Wildman–Crippen MR) is 68.4 cm³/mol. The first-order valence-corrected chi connectivity index (χ1v) is 5.38. The SMILES string of the molecule is NC(C(=O)O)c1ccncc1.O=Cc1ccncc1. The topological polar surface area (TPSA) is 106 Å². The Kier molecular flexibility index (Phi) is 5.84. The maximum absolute atomic E-state index is 10.4. The Hall–Kier alpha value is -2.60. The van der Waals surface area contributed by atoms with Gasteiger partial charge >= 0.3 is 5.97 Å². The van der Waals surface area contributed by atoms with E-state index in [-0.39, 0.29) is 0 Å². The van der Waals surface area contributed by atoms with Gasteiger partial charge in [0.25, 0.3) is 0 Å². The molecule has 0 saturated heterocycles. The van der Waals surface area contributed by atoms with Crippen molar-refractivity contribution >= 4 is 12.3 Å². The molecule has 2 aromatic heterocycles. The van der Waals surface area contributed by atoms with E-state index >= 15 is 0 Å². The standard InChI is InChI=1S/C7H8N2O2.C6H5NO/c8-6(7(10)11)5-1-3-9-4-2-5;8-5-6-1-3-7-4-2-6/h1-4,6H,8H2,(H,10,11);1-5H. The molecule has 1 atom stereocenters. The van der Waals surface area contributed by atoms with Crippen LogP contribution >= 0.6 is 0 Å². The van der Waals surface area contributed by atoms with Crippen molar-refractivity contribution < 1.29 is 14.7 Å². The minimum absolute atomic E-state index is 0.563. The Labute approximate surface area is 109 Å². The second kappa shape index (κ2) is 7.67. The Morgan fingerprint density at radius 2 is 1.58 bits per heavy atom. The van der Waals surface area contributed by atoms with Crippen molar-refractivity contribution in [2.24, 2.45) is 5.73 Å². The lowest BCUT2D eigenvalue weighted by Crippen LogP contribution is -2.20. The minimum Gasteiger partial charge on any atom is -0.480 e. The summed E-state index contributed by atoms with van der Waals surface area (Å²) in [5, 5.41) is 8.49. The van der Waals surface area contributed by atoms with Crippen LogP contribution < -0.4 is 5.73 Å². The molecule has 0 aliphatic heterocycles. The molecule has 0 fully saturated rings. The second-order valence-corrected chi connectivity index (χ2v) is 3.49. The molecule has 0 aliphatic carbocycles. The van der Waals surface area contributed by atoms with Crippen LogP contribution in [0.1, 0.15) is 22.0 Å². The van der Waals surface area contributed by atoms with Crippen molar-refractivity contribution in [2.75, 3.05) is 0 Å². The van der Waals surface area contributed by atoms with Gasteiger partial charge in [-0.15, -0.1) is 0 Å². The molecule has 2 rings (SSSR count). The van der Waals surface area contributed by atoms with E-state index in [1.165, 1.54) is 12.4 Å². The summed E-state index contributed by atoms with van der Waals surface area (Å²) in [6.45, 7) is 0. The Balaban J connectivity index is 0.000000200. The maximum atomic E-state index is 10.4. The lowest BCUT2D eigenvalue weighted by atomic mass is 10.1. The second-order valence-electron chi connectivity index (χ2n) is 3.49. The number of carboxylic acid groups (broad SMARTS) is 1. The number of aliphatic carboxylic acids is 1. The predicted octanol–water partition coefficient (Wildman–Crippen LogP) is 1.06. The van der Waals surface area contributed by atoms with Crippen LogP contribution in [0.3, 0.4) is 0 Å². The number of aldehydes is 1. The molecule has 0 radical (unpaired) electrons. The summed E-state index contributed by atoms with van der Waals surface area (Å²) in [7, 11) is 0. The maximum Gasteiger partial charge on any atom is 0.325 e. The molecular weight excluding hydrogens is 246 g/mol. The summed E-state index contributed by atoms with van der Waals surface area (Å²) in [5.74, 6) is -1.03. The monoisotopic (exact) mass is 259 g/mol. The van der Waals surface area contributed by atoms with Gasteiger partial charge in [-0.1, -0.05) is 0 Å². The van der Waals surface area contributed by atoms with E-state index in [4.69, 9.17) is 10.8 Å². The summed E-state index contributed by atoms with van der Waals surface area (Å²) in [4.78, 5) is 27.8. The van der Waals surface area contributed by atoms with Crippen LogP contribution in [0.25, 0.3) is 0 Å². The molecule has 0 aliphatic rings. The van der Waals surface area contributed by atoms with Crippen LogP contribution in [-0.4, -0.2) is 27.3 Å². The van der Waals surface area contributed by atoms with Gasteiger partial charge in [0.2, 0.25) is 0 Å². The molecule has 2 heterocycles. The molecule has 6 nitrogen and oxygen atoms in total. The number of rotatable bonds is 3. The van der Waals surface area contributed by atoms with Gasteiger partial charge in [-0.2, -0.15) is 0 Å². The third-order valence-electron chi connectivity index (χ3n) is 2.17. The third kappa shape index (κ3) is 5.05. The molecule has 0 amide bonds. The summed E-state index contributed by atoms with van der Waals surface area (Å²) in [6, 6.07) is 5.54. The van der Waals surface area contributed by atoms with Crippen LogP contribution in [0.5, 0.6) is 0 Å². The van der Waals surface area contributed by atoms with Crippen molar-refractivity contribution in [1.82, 2.24) is 9.97 Å². The van der Waals surface area contributed by atoms with Gasteiger partial charge in [0.15, 0.2) is 0 Å². The number of pyridine rings is 2. The number of carboxylic acids is 1. The van der Waals surface area contributed by atoms with E-state index < -0.39 is 12.0 Å². The number of aromatic nitrogens is 2. The molecule has 98 valence electrons. The number of carbonyl (C=O) groups excluding carboxylic acids is 1. The van der Waals surface area contributed by atoms with Crippen molar-refractivity contribution in [3.8, 4) is 0 Å². The highest BCUT2D eigenvalue weighted by Crippen LogP contribution is 2.07. The largest absolute Gasteiger partial charge is 0.480 e. The van der Waals surface area contributed by atoms with Gasteiger partial charge in [-0.25, -0.2) is 0 Å². The lowest BCUT2D eigenvalue weighted by molar-refractivity contribution is -0.138. The first-order chi connectivity index (χ1) is 9.15. The van der Waals surface area contributed by atoms with Gasteiger partial charge in [0, 0.05) is 30.4 Å². The van der Waals surface area contributed by atoms with Crippen LogP contribution in [0.15, 0.2) is 49.1 Å².